The van der Waals surface area contributed by atoms with Gasteiger partial charge in [0, 0.05) is 19.6 Å². The Morgan fingerprint density at radius 1 is 1.53 bits per heavy atom. The van der Waals surface area contributed by atoms with Gasteiger partial charge in [-0.2, -0.15) is 0 Å². The third kappa shape index (κ3) is 2.64. The maximum Gasteiger partial charge on any atom is 0.239 e. The van der Waals surface area contributed by atoms with Crippen LogP contribution in [0.5, 0.6) is 0 Å². The van der Waals surface area contributed by atoms with Crippen molar-refractivity contribution in [3.05, 3.63) is 35.6 Å². The number of nitrogens with zero attached hydrogens (tertiary/aromatic N) is 1. The van der Waals surface area contributed by atoms with Gasteiger partial charge in [0.1, 0.15) is 5.82 Å². The molecule has 0 aliphatic carbocycles. The van der Waals surface area contributed by atoms with Crippen LogP contribution >= 0.6 is 0 Å². The molecule has 4 heteroatoms. The quantitative estimate of drug-likeness (QED) is 0.866. The predicted octanol–water partition coefficient (Wildman–Crippen LogP) is 1.71. The fourth-order valence-electron chi connectivity index (χ4n) is 2.15. The third-order valence-corrected chi connectivity index (χ3v) is 3.23. The number of carbonyl (C=O) groups is 1. The SMILES string of the molecule is C[C@H](NC1CCN(C)C1=O)c1cccc(F)c1. The average Bonchev–Trinajstić information content (AvgIpc) is 2.61. The Hall–Kier alpha value is -1.42. The predicted molar refractivity (Wildman–Crippen MR) is 64.0 cm³/mol. The van der Waals surface area contributed by atoms with Crippen molar-refractivity contribution in [1.29, 1.82) is 0 Å². The lowest BCUT2D eigenvalue weighted by atomic mass is 10.1. The normalized spacial score (nSPS) is 21.9. The molecule has 3 nitrogen and oxygen atoms in total. The average molecular weight is 236 g/mol. The first-order valence-electron chi connectivity index (χ1n) is 5.84. The van der Waals surface area contributed by atoms with E-state index in [0.717, 1.165) is 18.5 Å². The highest BCUT2D eigenvalue weighted by atomic mass is 19.1. The minimum absolute atomic E-state index is 0.0221. The first kappa shape index (κ1) is 12.0. The number of hydrogen-bond acceptors (Lipinski definition) is 2. The van der Waals surface area contributed by atoms with Crippen LogP contribution in [0.15, 0.2) is 24.3 Å². The molecule has 2 rings (SSSR count). The summed E-state index contributed by atoms with van der Waals surface area (Å²) in [5, 5.41) is 3.24. The van der Waals surface area contributed by atoms with Gasteiger partial charge in [-0.15, -0.1) is 0 Å². The van der Waals surface area contributed by atoms with Crippen LogP contribution < -0.4 is 5.32 Å². The highest BCUT2D eigenvalue weighted by Crippen LogP contribution is 2.17. The number of halogens is 1. The van der Waals surface area contributed by atoms with E-state index in [1.54, 1.807) is 18.0 Å². The highest BCUT2D eigenvalue weighted by Gasteiger charge is 2.29. The Balaban J connectivity index is 2.02. The van der Waals surface area contributed by atoms with E-state index in [1.807, 2.05) is 13.0 Å². The molecule has 17 heavy (non-hydrogen) atoms. The van der Waals surface area contributed by atoms with E-state index in [1.165, 1.54) is 12.1 Å². The molecule has 1 heterocycles. The molecule has 1 aromatic rings. The fourth-order valence-corrected chi connectivity index (χ4v) is 2.15. The van der Waals surface area contributed by atoms with Crippen molar-refractivity contribution < 1.29 is 9.18 Å². The number of likely N-dealkylation sites (tertiary alicyclic amines) is 1. The summed E-state index contributed by atoms with van der Waals surface area (Å²) in [6.07, 6.45) is 0.814. The number of nitrogens with one attached hydrogen (secondary N) is 1. The van der Waals surface area contributed by atoms with Crippen LogP contribution in [0.1, 0.15) is 24.9 Å². The smallest absolute Gasteiger partial charge is 0.239 e. The minimum atomic E-state index is -0.244. The summed E-state index contributed by atoms with van der Waals surface area (Å²) in [6.45, 7) is 2.73. The first-order valence-corrected chi connectivity index (χ1v) is 5.84. The molecule has 0 bridgehead atoms. The minimum Gasteiger partial charge on any atom is -0.344 e. The molecule has 2 atom stereocenters. The second-order valence-corrected chi connectivity index (χ2v) is 4.54. The number of benzene rings is 1. The maximum absolute atomic E-state index is 13.1. The Kier molecular flexibility index (Phi) is 3.43. The molecule has 92 valence electrons. The van der Waals surface area contributed by atoms with E-state index in [2.05, 4.69) is 5.32 Å². The van der Waals surface area contributed by atoms with Gasteiger partial charge in [-0.25, -0.2) is 4.39 Å². The van der Waals surface area contributed by atoms with Gasteiger partial charge in [0.05, 0.1) is 6.04 Å². The molecule has 0 aromatic heterocycles. The van der Waals surface area contributed by atoms with Gasteiger partial charge >= 0.3 is 0 Å². The maximum atomic E-state index is 13.1. The van der Waals surface area contributed by atoms with E-state index >= 15 is 0 Å². The van der Waals surface area contributed by atoms with E-state index in [4.69, 9.17) is 0 Å². The standard InChI is InChI=1S/C13H17FN2O/c1-9(10-4-3-5-11(14)8-10)15-12-6-7-16(2)13(12)17/h3-5,8-9,12,15H,6-7H2,1-2H3/t9-,12?/m0/s1. The molecule has 1 aliphatic heterocycles. The molecule has 1 aromatic carbocycles. The van der Waals surface area contributed by atoms with Crippen LogP contribution in [-0.2, 0) is 4.79 Å². The summed E-state index contributed by atoms with van der Waals surface area (Å²) >= 11 is 0. The van der Waals surface area contributed by atoms with Gasteiger partial charge < -0.3 is 4.90 Å². The molecule has 1 unspecified atom stereocenters. The van der Waals surface area contributed by atoms with Gasteiger partial charge in [0.25, 0.3) is 0 Å². The Bertz CT molecular complexity index is 422. The Morgan fingerprint density at radius 3 is 2.88 bits per heavy atom. The van der Waals surface area contributed by atoms with Crippen molar-refractivity contribution in [2.24, 2.45) is 0 Å². The molecular formula is C13H17FN2O. The van der Waals surface area contributed by atoms with Crippen molar-refractivity contribution in [3.63, 3.8) is 0 Å². The molecule has 1 amide bonds. The van der Waals surface area contributed by atoms with Crippen molar-refractivity contribution in [3.8, 4) is 0 Å². The second-order valence-electron chi connectivity index (χ2n) is 4.54. The number of hydrogen-bond donors (Lipinski definition) is 1. The summed E-state index contributed by atoms with van der Waals surface area (Å²) in [6, 6.07) is 6.31. The van der Waals surface area contributed by atoms with Crippen molar-refractivity contribution in [1.82, 2.24) is 10.2 Å². The summed E-state index contributed by atoms with van der Waals surface area (Å²) in [4.78, 5) is 13.4. The lowest BCUT2D eigenvalue weighted by Crippen LogP contribution is -2.38. The monoisotopic (exact) mass is 236 g/mol. The topological polar surface area (TPSA) is 32.3 Å². The molecule has 1 aliphatic rings. The summed E-state index contributed by atoms with van der Waals surface area (Å²) in [5.41, 5.74) is 0.868. The van der Waals surface area contributed by atoms with Gasteiger partial charge in [0.2, 0.25) is 5.91 Å². The number of carbonyl (C=O) groups excluding carboxylic acids is 1. The van der Waals surface area contributed by atoms with Gasteiger partial charge in [-0.3, -0.25) is 10.1 Å². The zero-order valence-corrected chi connectivity index (χ0v) is 10.1. The Labute approximate surface area is 101 Å². The summed E-state index contributed by atoms with van der Waals surface area (Å²) < 4.78 is 13.1. The molecule has 0 radical (unpaired) electrons. The molecule has 0 spiro atoms. The van der Waals surface area contributed by atoms with Crippen LogP contribution in [-0.4, -0.2) is 30.4 Å². The van der Waals surface area contributed by atoms with Crippen molar-refractivity contribution in [2.45, 2.75) is 25.4 Å². The summed E-state index contributed by atoms with van der Waals surface area (Å²) in [5.74, 6) is -0.126. The van der Waals surface area contributed by atoms with Crippen LogP contribution in [0.3, 0.4) is 0 Å². The third-order valence-electron chi connectivity index (χ3n) is 3.23. The molecule has 1 N–H and O–H groups in total. The zero-order chi connectivity index (χ0) is 12.4. The molecule has 1 saturated heterocycles. The van der Waals surface area contributed by atoms with Crippen LogP contribution in [0.2, 0.25) is 0 Å². The van der Waals surface area contributed by atoms with E-state index in [0.29, 0.717) is 0 Å². The lowest BCUT2D eigenvalue weighted by molar-refractivity contribution is -0.128. The van der Waals surface area contributed by atoms with E-state index in [-0.39, 0.29) is 23.8 Å². The number of rotatable bonds is 3. The Morgan fingerprint density at radius 2 is 2.29 bits per heavy atom. The van der Waals surface area contributed by atoms with Crippen LogP contribution in [0.4, 0.5) is 4.39 Å². The molecule has 0 saturated carbocycles. The zero-order valence-electron chi connectivity index (χ0n) is 10.1. The van der Waals surface area contributed by atoms with Crippen molar-refractivity contribution in [2.75, 3.05) is 13.6 Å². The second kappa shape index (κ2) is 4.84. The molecular weight excluding hydrogens is 219 g/mol. The van der Waals surface area contributed by atoms with Crippen LogP contribution in [0, 0.1) is 5.82 Å². The first-order chi connectivity index (χ1) is 8.08. The molecule has 1 fully saturated rings. The van der Waals surface area contributed by atoms with E-state index < -0.39 is 0 Å². The fraction of sp³-hybridized carbons (Fsp3) is 0.462. The van der Waals surface area contributed by atoms with Gasteiger partial charge in [-0.05, 0) is 31.0 Å². The van der Waals surface area contributed by atoms with E-state index in [9.17, 15) is 9.18 Å². The summed E-state index contributed by atoms with van der Waals surface area (Å²) in [7, 11) is 1.80. The van der Waals surface area contributed by atoms with Crippen LogP contribution in [0.25, 0.3) is 0 Å². The van der Waals surface area contributed by atoms with Gasteiger partial charge in [0.15, 0.2) is 0 Å². The number of likely N-dealkylation sites (N-methyl/N-ethyl adjacent to an activating group) is 1. The number of amides is 1. The highest BCUT2D eigenvalue weighted by molar-refractivity contribution is 5.83. The van der Waals surface area contributed by atoms with Gasteiger partial charge in [-0.1, -0.05) is 12.1 Å². The largest absolute Gasteiger partial charge is 0.344 e. The lowest BCUT2D eigenvalue weighted by Gasteiger charge is -2.18. The van der Waals surface area contributed by atoms with Crippen molar-refractivity contribution >= 4 is 5.91 Å².